The van der Waals surface area contributed by atoms with Crippen LogP contribution in [0.3, 0.4) is 0 Å². The number of benzene rings is 2. The van der Waals surface area contributed by atoms with Gasteiger partial charge in [-0.05, 0) is 62.0 Å². The Kier molecular flexibility index (Phi) is 7.31. The molecule has 31 heavy (non-hydrogen) atoms. The highest BCUT2D eigenvalue weighted by Crippen LogP contribution is 2.30. The Labute approximate surface area is 194 Å². The summed E-state index contributed by atoms with van der Waals surface area (Å²) in [6, 6.07) is 16.1. The molecule has 4 nitrogen and oxygen atoms in total. The maximum absolute atomic E-state index is 12.7. The molecule has 0 spiro atoms. The second-order valence-electron chi connectivity index (χ2n) is 8.56. The Bertz CT molecular complexity index is 926. The minimum absolute atomic E-state index is 0.0649. The van der Waals surface area contributed by atoms with Crippen LogP contribution in [-0.4, -0.2) is 53.7 Å². The predicted octanol–water partition coefficient (Wildman–Crippen LogP) is 5.44. The van der Waals surface area contributed by atoms with Crippen molar-refractivity contribution in [3.63, 3.8) is 0 Å². The van der Waals surface area contributed by atoms with Crippen LogP contribution >= 0.6 is 23.2 Å². The van der Waals surface area contributed by atoms with Crippen LogP contribution in [0.4, 0.5) is 0 Å². The Hall–Kier alpha value is -1.88. The lowest BCUT2D eigenvalue weighted by atomic mass is 9.89. The topological polar surface area (TPSA) is 40.6 Å². The largest absolute Gasteiger partial charge is 0.341 e. The molecule has 0 aliphatic carbocycles. The van der Waals surface area contributed by atoms with Crippen LogP contribution in [0.25, 0.3) is 0 Å². The molecule has 0 N–H and O–H groups in total. The van der Waals surface area contributed by atoms with Crippen LogP contribution in [-0.2, 0) is 4.79 Å². The molecule has 1 amide bonds. The second kappa shape index (κ2) is 10.2. The van der Waals surface area contributed by atoms with Gasteiger partial charge in [-0.15, -0.1) is 0 Å². The van der Waals surface area contributed by atoms with Gasteiger partial charge in [-0.3, -0.25) is 14.5 Å². The van der Waals surface area contributed by atoms with Crippen molar-refractivity contribution in [2.75, 3.05) is 26.2 Å². The number of amides is 1. The highest BCUT2D eigenvalue weighted by molar-refractivity contribution is 6.42. The number of rotatable bonds is 6. The van der Waals surface area contributed by atoms with Crippen LogP contribution < -0.4 is 0 Å². The quantitative estimate of drug-likeness (QED) is 0.541. The molecule has 1 atom stereocenters. The minimum atomic E-state index is -0.0781. The Morgan fingerprint density at radius 1 is 0.871 bits per heavy atom. The lowest BCUT2D eigenvalue weighted by Crippen LogP contribution is -2.43. The molecule has 2 aromatic rings. The summed E-state index contributed by atoms with van der Waals surface area (Å²) in [5.74, 6) is 0.629. The summed E-state index contributed by atoms with van der Waals surface area (Å²) in [6.45, 7) is 3.73. The molecule has 4 rings (SSSR count). The van der Waals surface area contributed by atoms with Crippen molar-refractivity contribution < 1.29 is 9.59 Å². The number of hydrogen-bond donors (Lipinski definition) is 0. The zero-order valence-electron chi connectivity index (χ0n) is 17.6. The van der Waals surface area contributed by atoms with Gasteiger partial charge in [0.1, 0.15) is 0 Å². The molecule has 2 aliphatic rings. The van der Waals surface area contributed by atoms with Crippen molar-refractivity contribution in [2.24, 2.45) is 0 Å². The standard InChI is InChI=1S/C25H28Cl2N2O2/c26-22-7-6-20(16-23(22)27)24(30)8-9-25(31)29-15-12-21(17-29)28-13-10-19(11-14-28)18-4-2-1-3-5-18/h1-7,16,19,21H,8-15,17H2. The number of likely N-dealkylation sites (tertiary alicyclic amines) is 2. The first-order chi connectivity index (χ1) is 15.0. The molecular formula is C25H28Cl2N2O2. The van der Waals surface area contributed by atoms with E-state index in [0.717, 1.165) is 32.6 Å². The average Bonchev–Trinajstić information content (AvgIpc) is 3.30. The molecule has 0 bridgehead atoms. The number of halogens is 2. The number of ketones is 1. The lowest BCUT2D eigenvalue weighted by molar-refractivity contribution is -0.130. The van der Waals surface area contributed by atoms with Crippen LogP contribution in [0, 0.1) is 0 Å². The van der Waals surface area contributed by atoms with E-state index in [2.05, 4.69) is 35.2 Å². The summed E-state index contributed by atoms with van der Waals surface area (Å²) in [5, 5.41) is 0.780. The fourth-order valence-electron chi connectivity index (χ4n) is 4.78. The van der Waals surface area contributed by atoms with E-state index in [1.165, 1.54) is 18.4 Å². The maximum atomic E-state index is 12.7. The number of piperidine rings is 1. The molecule has 2 fully saturated rings. The van der Waals surface area contributed by atoms with Crippen molar-refractivity contribution in [3.8, 4) is 0 Å². The highest BCUT2D eigenvalue weighted by atomic mass is 35.5. The van der Waals surface area contributed by atoms with Crippen molar-refractivity contribution >= 4 is 34.9 Å². The van der Waals surface area contributed by atoms with Crippen LogP contribution in [0.5, 0.6) is 0 Å². The van der Waals surface area contributed by atoms with E-state index < -0.39 is 0 Å². The van der Waals surface area contributed by atoms with Crippen LogP contribution in [0.2, 0.25) is 10.0 Å². The molecule has 164 valence electrons. The maximum Gasteiger partial charge on any atom is 0.223 e. The molecule has 0 aromatic heterocycles. The smallest absolute Gasteiger partial charge is 0.223 e. The van der Waals surface area contributed by atoms with E-state index in [9.17, 15) is 9.59 Å². The van der Waals surface area contributed by atoms with Gasteiger partial charge in [0.2, 0.25) is 5.91 Å². The molecule has 2 aliphatic heterocycles. The molecule has 6 heteroatoms. The van der Waals surface area contributed by atoms with E-state index in [1.807, 2.05) is 4.90 Å². The van der Waals surface area contributed by atoms with Crippen molar-refractivity contribution in [1.29, 1.82) is 0 Å². The van der Waals surface area contributed by atoms with Gasteiger partial charge in [0, 0.05) is 37.5 Å². The molecule has 0 saturated carbocycles. The van der Waals surface area contributed by atoms with Crippen LogP contribution in [0.15, 0.2) is 48.5 Å². The third-order valence-electron chi connectivity index (χ3n) is 6.64. The second-order valence-corrected chi connectivity index (χ2v) is 9.37. The van der Waals surface area contributed by atoms with Gasteiger partial charge in [-0.1, -0.05) is 53.5 Å². The molecule has 2 heterocycles. The molecule has 1 unspecified atom stereocenters. The third kappa shape index (κ3) is 5.49. The number of hydrogen-bond acceptors (Lipinski definition) is 3. The van der Waals surface area contributed by atoms with Crippen molar-refractivity contribution in [3.05, 3.63) is 69.7 Å². The fourth-order valence-corrected chi connectivity index (χ4v) is 5.08. The SMILES string of the molecule is O=C(CCC(=O)N1CCC(N2CCC(c3ccccc3)CC2)C1)c1ccc(Cl)c(Cl)c1. The third-order valence-corrected chi connectivity index (χ3v) is 7.38. The van der Waals surface area contributed by atoms with Crippen molar-refractivity contribution in [1.82, 2.24) is 9.80 Å². The predicted molar refractivity (Wildman–Crippen MR) is 125 cm³/mol. The first-order valence-electron chi connectivity index (χ1n) is 11.1. The normalized spacial score (nSPS) is 20.2. The zero-order valence-corrected chi connectivity index (χ0v) is 19.1. The Balaban J connectivity index is 1.23. The lowest BCUT2D eigenvalue weighted by Gasteiger charge is -2.36. The fraction of sp³-hybridized carbons (Fsp3) is 0.440. The van der Waals surface area contributed by atoms with Gasteiger partial charge in [-0.2, -0.15) is 0 Å². The van der Waals surface area contributed by atoms with E-state index in [-0.39, 0.29) is 24.5 Å². The van der Waals surface area contributed by atoms with Crippen LogP contribution in [0.1, 0.15) is 53.9 Å². The Morgan fingerprint density at radius 3 is 2.32 bits per heavy atom. The van der Waals surface area contributed by atoms with E-state index >= 15 is 0 Å². The summed E-state index contributed by atoms with van der Waals surface area (Å²) in [7, 11) is 0. The number of Topliss-reactive ketones (excluding diaryl/α,β-unsaturated/α-hetero) is 1. The summed E-state index contributed by atoms with van der Waals surface area (Å²) in [5.41, 5.74) is 1.94. The minimum Gasteiger partial charge on any atom is -0.341 e. The van der Waals surface area contributed by atoms with E-state index in [4.69, 9.17) is 23.2 Å². The number of carbonyl (C=O) groups excluding carboxylic acids is 2. The average molecular weight is 459 g/mol. The molecule has 2 saturated heterocycles. The summed E-state index contributed by atoms with van der Waals surface area (Å²) in [4.78, 5) is 29.6. The molecule has 0 radical (unpaired) electrons. The van der Waals surface area contributed by atoms with E-state index in [1.54, 1.807) is 18.2 Å². The van der Waals surface area contributed by atoms with E-state index in [0.29, 0.717) is 27.6 Å². The van der Waals surface area contributed by atoms with Gasteiger partial charge in [0.15, 0.2) is 5.78 Å². The Morgan fingerprint density at radius 2 is 1.61 bits per heavy atom. The monoisotopic (exact) mass is 458 g/mol. The van der Waals surface area contributed by atoms with Gasteiger partial charge in [0.05, 0.1) is 10.0 Å². The molecule has 2 aromatic carbocycles. The van der Waals surface area contributed by atoms with Gasteiger partial charge >= 0.3 is 0 Å². The highest BCUT2D eigenvalue weighted by Gasteiger charge is 2.32. The van der Waals surface area contributed by atoms with Gasteiger partial charge in [-0.25, -0.2) is 0 Å². The first-order valence-corrected chi connectivity index (χ1v) is 11.8. The number of nitrogens with zero attached hydrogens (tertiary/aromatic N) is 2. The summed E-state index contributed by atoms with van der Waals surface area (Å²) >= 11 is 11.9. The first kappa shape index (κ1) is 22.3. The summed E-state index contributed by atoms with van der Waals surface area (Å²) in [6.07, 6.45) is 3.80. The summed E-state index contributed by atoms with van der Waals surface area (Å²) < 4.78 is 0. The number of carbonyl (C=O) groups is 2. The van der Waals surface area contributed by atoms with Crippen molar-refractivity contribution in [2.45, 2.75) is 44.1 Å². The zero-order chi connectivity index (χ0) is 21.8. The molecular weight excluding hydrogens is 431 g/mol. The van der Waals surface area contributed by atoms with Gasteiger partial charge in [0.25, 0.3) is 0 Å². The van der Waals surface area contributed by atoms with Gasteiger partial charge < -0.3 is 4.90 Å².